The Morgan fingerprint density at radius 2 is 1.57 bits per heavy atom. The summed E-state index contributed by atoms with van der Waals surface area (Å²) < 4.78 is 58.6. The minimum absolute atomic E-state index is 0.0417. The summed E-state index contributed by atoms with van der Waals surface area (Å²) in [7, 11) is 1.71. The number of carbonyl (C=O) groups is 1. The van der Waals surface area contributed by atoms with Crippen molar-refractivity contribution < 1.29 is 27.1 Å². The van der Waals surface area contributed by atoms with E-state index in [1.54, 1.807) is 7.11 Å². The van der Waals surface area contributed by atoms with Gasteiger partial charge in [0, 0.05) is 37.3 Å². The van der Waals surface area contributed by atoms with Crippen LogP contribution in [0.1, 0.15) is 60.1 Å². The third kappa shape index (κ3) is 7.63. The summed E-state index contributed by atoms with van der Waals surface area (Å²) in [5.74, 6) is -0.705. The minimum atomic E-state index is -4.54. The molecule has 0 saturated carbocycles. The van der Waals surface area contributed by atoms with Gasteiger partial charge in [0.15, 0.2) is 0 Å². The second-order valence-corrected chi connectivity index (χ2v) is 7.14. The van der Waals surface area contributed by atoms with E-state index in [1.807, 2.05) is 48.5 Å². The number of rotatable bonds is 2. The Bertz CT molecular complexity index is 774. The predicted octanol–water partition coefficient (Wildman–Crippen LogP) is 6.30. The Balaban J connectivity index is 0.000000719. The summed E-state index contributed by atoms with van der Waals surface area (Å²) in [5.41, 5.74) is -0.481. The number of ether oxygens (including phenoxy) is 1. The van der Waals surface area contributed by atoms with Gasteiger partial charge >= 0.3 is 6.18 Å². The highest BCUT2D eigenvalue weighted by Crippen LogP contribution is 2.38. The van der Waals surface area contributed by atoms with Gasteiger partial charge in [-0.3, -0.25) is 4.79 Å². The molecular formula is C22H34F4N2O2. The number of aromatic nitrogens is 1. The van der Waals surface area contributed by atoms with Crippen molar-refractivity contribution in [2.45, 2.75) is 66.3 Å². The molecule has 30 heavy (non-hydrogen) atoms. The fourth-order valence-electron chi connectivity index (χ4n) is 2.51. The summed E-state index contributed by atoms with van der Waals surface area (Å²) in [4.78, 5) is 12.0. The van der Waals surface area contributed by atoms with Gasteiger partial charge in [0.1, 0.15) is 5.82 Å². The molecule has 0 spiro atoms. The second-order valence-electron chi connectivity index (χ2n) is 7.14. The third-order valence-corrected chi connectivity index (χ3v) is 4.15. The van der Waals surface area contributed by atoms with E-state index in [2.05, 4.69) is 0 Å². The molecule has 2 heterocycles. The zero-order chi connectivity index (χ0) is 23.7. The lowest BCUT2D eigenvalue weighted by atomic mass is 10.1. The zero-order valence-corrected chi connectivity index (χ0v) is 19.1. The third-order valence-electron chi connectivity index (χ3n) is 4.15. The summed E-state index contributed by atoms with van der Waals surface area (Å²) in [6, 6.07) is 3.16. The number of benzene rings is 1. The number of halogens is 4. The highest BCUT2D eigenvalue weighted by Gasteiger charge is 2.37. The average Bonchev–Trinajstić information content (AvgIpc) is 3.03. The molecule has 0 radical (unpaired) electrons. The Morgan fingerprint density at radius 3 is 1.97 bits per heavy atom. The lowest BCUT2D eigenvalue weighted by Gasteiger charge is -2.37. The van der Waals surface area contributed by atoms with Gasteiger partial charge in [0.05, 0.1) is 17.2 Å². The number of fused-ring (bicyclic) bond motifs is 1. The van der Waals surface area contributed by atoms with Crippen LogP contribution >= 0.6 is 0 Å². The normalized spacial score (nSPS) is 13.8. The predicted molar refractivity (Wildman–Crippen MR) is 113 cm³/mol. The molecule has 0 atom stereocenters. The monoisotopic (exact) mass is 434 g/mol. The summed E-state index contributed by atoms with van der Waals surface area (Å²) in [6.45, 7) is 14.8. The van der Waals surface area contributed by atoms with E-state index in [1.165, 1.54) is 15.5 Å². The minimum Gasteiger partial charge on any atom is -0.379 e. The van der Waals surface area contributed by atoms with Gasteiger partial charge in [0.25, 0.3) is 0 Å². The fourth-order valence-corrected chi connectivity index (χ4v) is 2.51. The maximum Gasteiger partial charge on any atom is 0.418 e. The Morgan fingerprint density at radius 1 is 1.07 bits per heavy atom. The van der Waals surface area contributed by atoms with E-state index in [9.17, 15) is 22.4 Å². The van der Waals surface area contributed by atoms with Gasteiger partial charge in [-0.1, -0.05) is 27.7 Å². The van der Waals surface area contributed by atoms with Crippen molar-refractivity contribution in [1.82, 2.24) is 9.47 Å². The van der Waals surface area contributed by atoms with E-state index in [4.69, 9.17) is 4.74 Å². The summed E-state index contributed by atoms with van der Waals surface area (Å²) >= 11 is 0. The molecule has 0 N–H and O–H groups in total. The van der Waals surface area contributed by atoms with Crippen molar-refractivity contribution >= 4 is 17.3 Å². The number of carbonyl (C=O) groups excluding carboxylic acids is 1. The number of nitrogens with zero attached hydrogens (tertiary/aromatic N) is 2. The molecular weight excluding hydrogens is 400 g/mol. The molecule has 4 nitrogen and oxygen atoms in total. The van der Waals surface area contributed by atoms with Gasteiger partial charge in [-0.05, 0) is 39.0 Å². The first-order valence-corrected chi connectivity index (χ1v) is 10.1. The molecule has 1 amide bonds. The lowest BCUT2D eigenvalue weighted by Crippen LogP contribution is -2.46. The zero-order valence-electron chi connectivity index (χ0n) is 19.1. The van der Waals surface area contributed by atoms with Crippen LogP contribution in [0.3, 0.4) is 0 Å². The smallest absolute Gasteiger partial charge is 0.379 e. The molecule has 1 saturated heterocycles. The largest absolute Gasteiger partial charge is 0.418 e. The molecule has 1 fully saturated rings. The molecule has 172 valence electrons. The molecule has 1 aromatic heterocycles. The van der Waals surface area contributed by atoms with Crippen LogP contribution in [0.25, 0.3) is 10.9 Å². The maximum absolute atomic E-state index is 13.2. The van der Waals surface area contributed by atoms with Gasteiger partial charge in [-0.15, -0.1) is 0 Å². The van der Waals surface area contributed by atoms with Crippen LogP contribution < -0.4 is 0 Å². The Hall–Kier alpha value is -2.09. The quantitative estimate of drug-likeness (QED) is 0.411. The number of alkyl halides is 3. The Labute approximate surface area is 176 Å². The highest BCUT2D eigenvalue weighted by molar-refractivity contribution is 5.85. The van der Waals surface area contributed by atoms with Gasteiger partial charge < -0.3 is 14.2 Å². The molecule has 1 aliphatic heterocycles. The van der Waals surface area contributed by atoms with Gasteiger partial charge in [0.2, 0.25) is 6.41 Å². The molecule has 1 aliphatic rings. The second kappa shape index (κ2) is 11.9. The van der Waals surface area contributed by atoms with Crippen molar-refractivity contribution in [2.75, 3.05) is 20.2 Å². The van der Waals surface area contributed by atoms with E-state index < -0.39 is 17.6 Å². The molecule has 0 bridgehead atoms. The lowest BCUT2D eigenvalue weighted by molar-refractivity contribution is -0.136. The topological polar surface area (TPSA) is 34.5 Å². The van der Waals surface area contributed by atoms with Crippen molar-refractivity contribution in [3.05, 3.63) is 35.8 Å². The standard InChI is InChI=1S/C13H10F4N2O.C5H12O.2C2H6/c14-8-1-2-12-10(3-8)11(13(15,16)17)6-19(12)9-4-18(5-9)7-20;1-5(2,3)6-4;2*1-2/h1-3,6-7,9H,4-5H2;1-4H3;2*1-2H3. The van der Waals surface area contributed by atoms with Crippen LogP contribution in [-0.4, -0.2) is 41.7 Å². The molecule has 3 rings (SSSR count). The van der Waals surface area contributed by atoms with Crippen molar-refractivity contribution in [3.8, 4) is 0 Å². The fraction of sp³-hybridized carbons (Fsp3) is 0.591. The highest BCUT2D eigenvalue weighted by atomic mass is 19.4. The van der Waals surface area contributed by atoms with Crippen LogP contribution in [-0.2, 0) is 15.7 Å². The van der Waals surface area contributed by atoms with Crippen molar-refractivity contribution in [3.63, 3.8) is 0 Å². The SMILES string of the molecule is CC.CC.COC(C)(C)C.O=CN1CC(n2cc(C(F)(F)F)c3cc(F)ccc32)C1. The van der Waals surface area contributed by atoms with E-state index in [0.29, 0.717) is 25.0 Å². The van der Waals surface area contributed by atoms with Gasteiger partial charge in [-0.25, -0.2) is 4.39 Å². The van der Waals surface area contributed by atoms with Gasteiger partial charge in [-0.2, -0.15) is 13.2 Å². The first kappa shape index (κ1) is 27.9. The van der Waals surface area contributed by atoms with Crippen LogP contribution in [0.15, 0.2) is 24.4 Å². The van der Waals surface area contributed by atoms with E-state index in [-0.39, 0.29) is 17.0 Å². The molecule has 0 unspecified atom stereocenters. The molecule has 0 aliphatic carbocycles. The number of amides is 1. The Kier molecular flexibility index (Phi) is 11.1. The number of likely N-dealkylation sites (tertiary alicyclic amines) is 1. The van der Waals surface area contributed by atoms with Crippen LogP contribution in [0.5, 0.6) is 0 Å². The number of hydrogen-bond acceptors (Lipinski definition) is 2. The maximum atomic E-state index is 13.2. The van der Waals surface area contributed by atoms with E-state index in [0.717, 1.165) is 18.3 Å². The summed E-state index contributed by atoms with van der Waals surface area (Å²) in [6.07, 6.45) is -2.88. The van der Waals surface area contributed by atoms with Crippen molar-refractivity contribution in [1.29, 1.82) is 0 Å². The molecule has 1 aromatic carbocycles. The van der Waals surface area contributed by atoms with Crippen LogP contribution in [0.2, 0.25) is 0 Å². The number of hydrogen-bond donors (Lipinski definition) is 0. The molecule has 8 heteroatoms. The summed E-state index contributed by atoms with van der Waals surface area (Å²) in [5, 5.41) is -0.151. The first-order valence-electron chi connectivity index (χ1n) is 10.1. The van der Waals surface area contributed by atoms with Crippen LogP contribution in [0.4, 0.5) is 17.6 Å². The van der Waals surface area contributed by atoms with E-state index >= 15 is 0 Å². The molecule has 2 aromatic rings. The first-order chi connectivity index (χ1) is 14.0. The average molecular weight is 435 g/mol. The van der Waals surface area contributed by atoms with Crippen molar-refractivity contribution in [2.24, 2.45) is 0 Å². The van der Waals surface area contributed by atoms with Crippen LogP contribution in [0, 0.1) is 5.82 Å². The number of methoxy groups -OCH3 is 1.